The Hall–Kier alpha value is -1.81. The van der Waals surface area contributed by atoms with E-state index in [-0.39, 0.29) is 5.91 Å². The lowest BCUT2D eigenvalue weighted by atomic mass is 10.3. The second-order valence-electron chi connectivity index (χ2n) is 6.53. The molecule has 0 N–H and O–H groups in total. The van der Waals surface area contributed by atoms with E-state index in [0.717, 1.165) is 57.4 Å². The van der Waals surface area contributed by atoms with Crippen LogP contribution in [0.2, 0.25) is 0 Å². The fraction of sp³-hybridized carbons (Fsp3) is 0.588. The molecule has 0 saturated carbocycles. The molecular weight excluding hydrogens is 354 g/mol. The number of piperazine rings is 1. The maximum Gasteiger partial charge on any atom is 0.241 e. The van der Waals surface area contributed by atoms with E-state index in [0.29, 0.717) is 24.8 Å². The summed E-state index contributed by atoms with van der Waals surface area (Å²) in [6, 6.07) is 3.96. The van der Waals surface area contributed by atoms with Crippen LogP contribution in [0.3, 0.4) is 0 Å². The highest BCUT2D eigenvalue weighted by atomic mass is 32.1. The molecule has 9 heteroatoms. The van der Waals surface area contributed by atoms with Crippen LogP contribution < -0.4 is 0 Å². The van der Waals surface area contributed by atoms with E-state index in [9.17, 15) is 4.79 Å². The minimum absolute atomic E-state index is 0.212. The Morgan fingerprint density at radius 2 is 1.92 bits per heavy atom. The van der Waals surface area contributed by atoms with Crippen LogP contribution in [0.5, 0.6) is 0 Å². The summed E-state index contributed by atoms with van der Waals surface area (Å²) in [7, 11) is 0. The van der Waals surface area contributed by atoms with Gasteiger partial charge in [-0.3, -0.25) is 14.6 Å². The van der Waals surface area contributed by atoms with Crippen LogP contribution >= 0.6 is 11.3 Å². The van der Waals surface area contributed by atoms with Crippen molar-refractivity contribution in [2.75, 3.05) is 59.0 Å². The molecule has 0 aromatic carbocycles. The Labute approximate surface area is 156 Å². The van der Waals surface area contributed by atoms with Gasteiger partial charge in [-0.2, -0.15) is 4.98 Å². The van der Waals surface area contributed by atoms with E-state index in [1.807, 2.05) is 22.4 Å². The van der Waals surface area contributed by atoms with E-state index < -0.39 is 0 Å². The minimum atomic E-state index is 0.212. The van der Waals surface area contributed by atoms with Crippen LogP contribution in [0.1, 0.15) is 5.89 Å². The van der Waals surface area contributed by atoms with Crippen molar-refractivity contribution in [3.05, 3.63) is 23.4 Å². The summed E-state index contributed by atoms with van der Waals surface area (Å²) in [5, 5.41) is 6.05. The van der Waals surface area contributed by atoms with Crippen molar-refractivity contribution in [3.8, 4) is 10.7 Å². The third kappa shape index (κ3) is 4.29. The molecule has 2 saturated heterocycles. The summed E-state index contributed by atoms with van der Waals surface area (Å²) < 4.78 is 10.7. The molecule has 26 heavy (non-hydrogen) atoms. The number of ether oxygens (including phenoxy) is 1. The van der Waals surface area contributed by atoms with Crippen LogP contribution in [0.15, 0.2) is 22.0 Å². The number of carbonyl (C=O) groups excluding carboxylic acids is 1. The number of thiophene rings is 1. The second kappa shape index (κ2) is 8.26. The summed E-state index contributed by atoms with van der Waals surface area (Å²) in [5.41, 5.74) is 0. The molecular formula is C17H23N5O3S. The van der Waals surface area contributed by atoms with E-state index in [2.05, 4.69) is 19.9 Å². The lowest BCUT2D eigenvalue weighted by molar-refractivity contribution is -0.135. The zero-order valence-electron chi connectivity index (χ0n) is 14.7. The molecule has 2 fully saturated rings. The first-order chi connectivity index (χ1) is 12.8. The van der Waals surface area contributed by atoms with Gasteiger partial charge in [-0.25, -0.2) is 0 Å². The largest absolute Gasteiger partial charge is 0.379 e. The van der Waals surface area contributed by atoms with Gasteiger partial charge in [0.15, 0.2) is 0 Å². The summed E-state index contributed by atoms with van der Waals surface area (Å²) in [6.07, 6.45) is 0. The molecule has 2 aliphatic heterocycles. The van der Waals surface area contributed by atoms with Crippen molar-refractivity contribution >= 4 is 17.2 Å². The Balaban J connectivity index is 1.24. The Morgan fingerprint density at radius 3 is 2.65 bits per heavy atom. The average molecular weight is 377 g/mol. The Morgan fingerprint density at radius 1 is 1.12 bits per heavy atom. The predicted octanol–water partition coefficient (Wildman–Crippen LogP) is 0.775. The van der Waals surface area contributed by atoms with Crippen molar-refractivity contribution in [3.63, 3.8) is 0 Å². The zero-order valence-corrected chi connectivity index (χ0v) is 15.5. The predicted molar refractivity (Wildman–Crippen MR) is 96.7 cm³/mol. The smallest absolute Gasteiger partial charge is 0.241 e. The number of rotatable bonds is 5. The first kappa shape index (κ1) is 17.6. The van der Waals surface area contributed by atoms with Gasteiger partial charge in [0, 0.05) is 39.3 Å². The number of hydrogen-bond acceptors (Lipinski definition) is 8. The van der Waals surface area contributed by atoms with Gasteiger partial charge in [0.25, 0.3) is 0 Å². The fourth-order valence-electron chi connectivity index (χ4n) is 3.22. The maximum absolute atomic E-state index is 12.5. The zero-order chi connectivity index (χ0) is 17.8. The summed E-state index contributed by atoms with van der Waals surface area (Å²) in [5.74, 6) is 1.49. The van der Waals surface area contributed by atoms with E-state index in [4.69, 9.17) is 9.26 Å². The lowest BCUT2D eigenvalue weighted by Gasteiger charge is -2.35. The molecule has 0 radical (unpaired) electrons. The highest BCUT2D eigenvalue weighted by Crippen LogP contribution is 2.21. The van der Waals surface area contributed by atoms with Gasteiger partial charge in [-0.05, 0) is 11.4 Å². The third-order valence-electron chi connectivity index (χ3n) is 4.76. The fourth-order valence-corrected chi connectivity index (χ4v) is 3.87. The van der Waals surface area contributed by atoms with Gasteiger partial charge in [0.2, 0.25) is 17.6 Å². The number of morpholine rings is 1. The molecule has 0 bridgehead atoms. The highest BCUT2D eigenvalue weighted by molar-refractivity contribution is 7.13. The molecule has 0 spiro atoms. The van der Waals surface area contributed by atoms with Gasteiger partial charge in [-0.15, -0.1) is 11.3 Å². The van der Waals surface area contributed by atoms with E-state index in [1.54, 1.807) is 11.3 Å². The van der Waals surface area contributed by atoms with Crippen molar-refractivity contribution < 1.29 is 14.1 Å². The van der Waals surface area contributed by atoms with Crippen LogP contribution in [0, 0.1) is 0 Å². The first-order valence-electron chi connectivity index (χ1n) is 8.94. The standard InChI is InChI=1S/C17H23N5O3S/c23-16(13-21-7-9-24-10-8-21)22-5-3-20(4-6-22)12-15-18-17(19-25-15)14-2-1-11-26-14/h1-2,11H,3-10,12-13H2. The molecule has 0 unspecified atom stereocenters. The number of amides is 1. The highest BCUT2D eigenvalue weighted by Gasteiger charge is 2.24. The normalized spacial score (nSPS) is 19.8. The summed E-state index contributed by atoms with van der Waals surface area (Å²) in [6.45, 7) is 7.39. The monoisotopic (exact) mass is 377 g/mol. The number of nitrogens with zero attached hydrogens (tertiary/aromatic N) is 5. The summed E-state index contributed by atoms with van der Waals surface area (Å²) >= 11 is 1.60. The summed E-state index contributed by atoms with van der Waals surface area (Å²) in [4.78, 5) is 24.3. The molecule has 2 aliphatic rings. The molecule has 1 amide bonds. The van der Waals surface area contributed by atoms with Gasteiger partial charge in [0.1, 0.15) is 0 Å². The van der Waals surface area contributed by atoms with Crippen molar-refractivity contribution in [2.45, 2.75) is 6.54 Å². The Kier molecular flexibility index (Phi) is 5.59. The van der Waals surface area contributed by atoms with Crippen molar-refractivity contribution in [1.82, 2.24) is 24.8 Å². The van der Waals surface area contributed by atoms with E-state index >= 15 is 0 Å². The molecule has 4 rings (SSSR count). The SMILES string of the molecule is O=C(CN1CCOCC1)N1CCN(Cc2nc(-c3cccs3)no2)CC1. The molecule has 0 atom stereocenters. The number of carbonyl (C=O) groups is 1. The topological polar surface area (TPSA) is 74.9 Å². The molecule has 2 aromatic heterocycles. The first-order valence-corrected chi connectivity index (χ1v) is 9.82. The third-order valence-corrected chi connectivity index (χ3v) is 5.62. The molecule has 0 aliphatic carbocycles. The Bertz CT molecular complexity index is 706. The lowest BCUT2D eigenvalue weighted by Crippen LogP contribution is -2.52. The van der Waals surface area contributed by atoms with Crippen LogP contribution in [0.25, 0.3) is 10.7 Å². The van der Waals surface area contributed by atoms with Gasteiger partial charge >= 0.3 is 0 Å². The average Bonchev–Trinajstić information content (AvgIpc) is 3.35. The molecule has 4 heterocycles. The van der Waals surface area contributed by atoms with Crippen LogP contribution in [-0.2, 0) is 16.1 Å². The molecule has 8 nitrogen and oxygen atoms in total. The second-order valence-corrected chi connectivity index (χ2v) is 7.48. The van der Waals surface area contributed by atoms with Crippen LogP contribution in [-0.4, -0.2) is 89.8 Å². The number of hydrogen-bond donors (Lipinski definition) is 0. The molecule has 2 aromatic rings. The van der Waals surface area contributed by atoms with Gasteiger partial charge < -0.3 is 14.2 Å². The van der Waals surface area contributed by atoms with Crippen molar-refractivity contribution in [2.24, 2.45) is 0 Å². The van der Waals surface area contributed by atoms with Crippen molar-refractivity contribution in [1.29, 1.82) is 0 Å². The van der Waals surface area contributed by atoms with Gasteiger partial charge in [-0.1, -0.05) is 11.2 Å². The van der Waals surface area contributed by atoms with Crippen LogP contribution in [0.4, 0.5) is 0 Å². The maximum atomic E-state index is 12.5. The minimum Gasteiger partial charge on any atom is -0.379 e. The van der Waals surface area contributed by atoms with E-state index in [1.165, 1.54) is 0 Å². The quantitative estimate of drug-likeness (QED) is 0.762. The number of aromatic nitrogens is 2. The van der Waals surface area contributed by atoms with Gasteiger partial charge in [0.05, 0.1) is 31.2 Å². The molecule has 140 valence electrons.